The van der Waals surface area contributed by atoms with E-state index in [0.717, 1.165) is 25.7 Å². The molecule has 3 nitrogen and oxygen atoms in total. The third-order valence-electron chi connectivity index (χ3n) is 3.48. The number of hydrogen-bond donors (Lipinski definition) is 0. The van der Waals surface area contributed by atoms with Gasteiger partial charge in [-0.3, -0.25) is 0 Å². The molecule has 1 fully saturated rings. The average Bonchev–Trinajstić information content (AvgIpc) is 2.33. The first kappa shape index (κ1) is 16.4. The van der Waals surface area contributed by atoms with Crippen LogP contribution in [0.1, 0.15) is 32.6 Å². The first-order valence-corrected chi connectivity index (χ1v) is 9.85. The molecule has 1 aliphatic carbocycles. The Balaban J connectivity index is 2.31. The summed E-state index contributed by atoms with van der Waals surface area (Å²) in [7, 11) is 1.55. The quantitative estimate of drug-likeness (QED) is 0.670. The minimum absolute atomic E-state index is 0.0120. The van der Waals surface area contributed by atoms with Gasteiger partial charge in [0.05, 0.1) is 11.1 Å². The maximum atomic E-state index is 11.7. The van der Waals surface area contributed by atoms with E-state index >= 15 is 0 Å². The molecule has 20 heavy (non-hydrogen) atoms. The molecule has 0 N–H and O–H groups in total. The Labute approximate surface area is 137 Å². The highest BCUT2D eigenvalue weighted by atomic mass is 79.9. The van der Waals surface area contributed by atoms with Crippen LogP contribution in [0.4, 0.5) is 0 Å². The normalized spacial score (nSPS) is 23.6. The Morgan fingerprint density at radius 3 is 2.40 bits per heavy atom. The fraction of sp³-hybridized carbons (Fsp3) is 0.538. The molecule has 0 bridgehead atoms. The molecule has 1 aromatic rings. The van der Waals surface area contributed by atoms with Crippen LogP contribution in [0.3, 0.4) is 0 Å². The van der Waals surface area contributed by atoms with Gasteiger partial charge in [-0.2, -0.15) is 0 Å². The molecule has 0 heterocycles. The number of ether oxygens (including phenoxy) is 1. The van der Waals surface area contributed by atoms with E-state index in [9.17, 15) is 8.42 Å². The summed E-state index contributed by atoms with van der Waals surface area (Å²) < 4.78 is 29.7. The van der Waals surface area contributed by atoms with Crippen LogP contribution < -0.4 is 4.74 Å². The lowest BCUT2D eigenvalue weighted by atomic mass is 9.89. The van der Waals surface area contributed by atoms with Gasteiger partial charge in [0.15, 0.2) is 5.75 Å². The highest BCUT2D eigenvalue weighted by Gasteiger charge is 2.25. The van der Waals surface area contributed by atoms with E-state index in [2.05, 4.69) is 22.9 Å². The molecule has 7 heteroatoms. The van der Waals surface area contributed by atoms with E-state index < -0.39 is 9.05 Å². The molecular formula is C13H15BrCl2O3S. The van der Waals surface area contributed by atoms with Gasteiger partial charge >= 0.3 is 0 Å². The smallest absolute Gasteiger partial charge is 0.265 e. The Morgan fingerprint density at radius 2 is 1.85 bits per heavy atom. The lowest BCUT2D eigenvalue weighted by molar-refractivity contribution is 0.132. The van der Waals surface area contributed by atoms with Crippen molar-refractivity contribution in [3.05, 3.63) is 21.6 Å². The van der Waals surface area contributed by atoms with E-state index in [0.29, 0.717) is 10.4 Å². The Kier molecular flexibility index (Phi) is 5.27. The van der Waals surface area contributed by atoms with Crippen molar-refractivity contribution in [2.45, 2.75) is 43.6 Å². The molecule has 2 rings (SSSR count). The Morgan fingerprint density at radius 1 is 1.25 bits per heavy atom. The van der Waals surface area contributed by atoms with E-state index in [1.54, 1.807) is 6.07 Å². The van der Waals surface area contributed by atoms with Gasteiger partial charge in [-0.25, -0.2) is 8.42 Å². The third-order valence-corrected chi connectivity index (χ3v) is 5.55. The Bertz CT molecular complexity index is 596. The van der Waals surface area contributed by atoms with Crippen LogP contribution in [-0.4, -0.2) is 14.5 Å². The first-order valence-electron chi connectivity index (χ1n) is 6.37. The maximum absolute atomic E-state index is 11.7. The predicted octanol–water partition coefficient (Wildman–Crippen LogP) is 4.99. The van der Waals surface area contributed by atoms with Gasteiger partial charge in [0.25, 0.3) is 9.05 Å². The summed E-state index contributed by atoms with van der Waals surface area (Å²) in [6, 6.07) is 3.02. The summed E-state index contributed by atoms with van der Waals surface area (Å²) in [6.07, 6.45) is 3.93. The van der Waals surface area contributed by atoms with Gasteiger partial charge in [-0.1, -0.05) is 34.5 Å². The molecule has 1 aliphatic rings. The molecule has 0 aliphatic heterocycles. The fourth-order valence-corrected chi connectivity index (χ4v) is 4.40. The standard InChI is InChI=1S/C13H15BrCl2O3S/c1-8-2-4-10(5-3-8)19-13-11(15)6-9(14)7-12(13)20(16,17)18/h6-8,10H,2-5H2,1H3. The summed E-state index contributed by atoms with van der Waals surface area (Å²) in [5.74, 6) is 0.843. The van der Waals surface area contributed by atoms with Crippen LogP contribution >= 0.6 is 38.2 Å². The fourth-order valence-electron chi connectivity index (χ4n) is 2.35. The van der Waals surface area contributed by atoms with Crippen LogP contribution in [0.5, 0.6) is 5.75 Å². The molecule has 0 unspecified atom stereocenters. The van der Waals surface area contributed by atoms with Crippen LogP contribution in [0.25, 0.3) is 0 Å². The lowest BCUT2D eigenvalue weighted by Crippen LogP contribution is -2.23. The van der Waals surface area contributed by atoms with E-state index in [4.69, 9.17) is 27.0 Å². The number of benzene rings is 1. The van der Waals surface area contributed by atoms with Gasteiger partial charge in [0, 0.05) is 15.2 Å². The van der Waals surface area contributed by atoms with E-state index in [-0.39, 0.29) is 21.8 Å². The minimum Gasteiger partial charge on any atom is -0.487 e. The highest BCUT2D eigenvalue weighted by molar-refractivity contribution is 9.10. The highest BCUT2D eigenvalue weighted by Crippen LogP contribution is 2.39. The molecule has 0 spiro atoms. The van der Waals surface area contributed by atoms with Gasteiger partial charge in [-0.05, 0) is 43.7 Å². The largest absolute Gasteiger partial charge is 0.487 e. The number of rotatable bonds is 3. The van der Waals surface area contributed by atoms with Gasteiger partial charge < -0.3 is 4.74 Å². The second kappa shape index (κ2) is 6.42. The number of halogens is 3. The van der Waals surface area contributed by atoms with Crippen molar-refractivity contribution in [2.75, 3.05) is 0 Å². The zero-order valence-corrected chi connectivity index (χ0v) is 14.8. The van der Waals surface area contributed by atoms with Crippen molar-refractivity contribution in [2.24, 2.45) is 5.92 Å². The molecule has 1 aromatic carbocycles. The second-order valence-corrected chi connectivity index (χ2v) is 9.01. The van der Waals surface area contributed by atoms with Crippen LogP contribution in [0, 0.1) is 5.92 Å². The monoisotopic (exact) mass is 400 g/mol. The molecule has 112 valence electrons. The molecule has 0 radical (unpaired) electrons. The average molecular weight is 402 g/mol. The van der Waals surface area contributed by atoms with Gasteiger partial charge in [0.1, 0.15) is 4.90 Å². The van der Waals surface area contributed by atoms with Crippen molar-refractivity contribution in [1.82, 2.24) is 0 Å². The van der Waals surface area contributed by atoms with Crippen molar-refractivity contribution in [3.63, 3.8) is 0 Å². The summed E-state index contributed by atoms with van der Waals surface area (Å²) in [6.45, 7) is 2.21. The molecule has 0 aromatic heterocycles. The predicted molar refractivity (Wildman–Crippen MR) is 84.2 cm³/mol. The zero-order chi connectivity index (χ0) is 14.9. The summed E-state index contributed by atoms with van der Waals surface area (Å²) in [5.41, 5.74) is 0. The summed E-state index contributed by atoms with van der Waals surface area (Å²) in [5, 5.41) is 0.247. The van der Waals surface area contributed by atoms with Crippen LogP contribution in [0.2, 0.25) is 5.02 Å². The first-order chi connectivity index (χ1) is 9.27. The van der Waals surface area contributed by atoms with E-state index in [1.807, 2.05) is 0 Å². The van der Waals surface area contributed by atoms with Gasteiger partial charge in [-0.15, -0.1) is 0 Å². The van der Waals surface area contributed by atoms with Crippen molar-refractivity contribution < 1.29 is 13.2 Å². The zero-order valence-electron chi connectivity index (χ0n) is 10.9. The van der Waals surface area contributed by atoms with Crippen molar-refractivity contribution in [1.29, 1.82) is 0 Å². The number of hydrogen-bond acceptors (Lipinski definition) is 3. The molecular weight excluding hydrogens is 387 g/mol. The summed E-state index contributed by atoms with van der Waals surface area (Å²) in [4.78, 5) is -0.0860. The second-order valence-electron chi connectivity index (χ2n) is 5.15. The topological polar surface area (TPSA) is 43.4 Å². The molecule has 0 atom stereocenters. The lowest BCUT2D eigenvalue weighted by Gasteiger charge is -2.27. The SMILES string of the molecule is CC1CCC(Oc2c(Cl)cc(Br)cc2S(=O)(=O)Cl)CC1. The Hall–Kier alpha value is 0.0300. The minimum atomic E-state index is -3.91. The molecule has 0 saturated heterocycles. The van der Waals surface area contributed by atoms with Crippen molar-refractivity contribution >= 4 is 47.3 Å². The van der Waals surface area contributed by atoms with E-state index in [1.165, 1.54) is 6.07 Å². The molecule has 0 amide bonds. The van der Waals surface area contributed by atoms with Crippen LogP contribution in [-0.2, 0) is 9.05 Å². The van der Waals surface area contributed by atoms with Crippen molar-refractivity contribution in [3.8, 4) is 5.75 Å². The molecule has 1 saturated carbocycles. The third kappa shape index (κ3) is 4.03. The van der Waals surface area contributed by atoms with Gasteiger partial charge in [0.2, 0.25) is 0 Å². The van der Waals surface area contributed by atoms with Crippen LogP contribution in [0.15, 0.2) is 21.5 Å². The summed E-state index contributed by atoms with van der Waals surface area (Å²) >= 11 is 9.32. The maximum Gasteiger partial charge on any atom is 0.265 e.